The summed E-state index contributed by atoms with van der Waals surface area (Å²) in [6.45, 7) is 4.53. The molecule has 0 spiro atoms. The number of esters is 1. The molecule has 9 nitrogen and oxygen atoms in total. The van der Waals surface area contributed by atoms with Crippen molar-refractivity contribution in [1.82, 2.24) is 20.2 Å². The molecule has 1 amide bonds. The standard InChI is InChI=1S/C30H33ClN4O5/c1-2-38-27(36)30(12-15-32-16-13-30)26(25-10-14-33-28(31)34-25)40-24-9-8-22-11-17-35(19-23(22)18-24)29(37)39-20-21-6-4-3-5-7-21/h3-10,14,18,26,32H,2,11-13,15-17,19-20H2,1H3. The van der Waals surface area contributed by atoms with Gasteiger partial charge in [-0.2, -0.15) is 0 Å². The SMILES string of the molecule is CCOC(=O)C1(C(Oc2ccc3c(c2)CN(C(=O)OCc2ccccc2)CC3)c2ccnc(Cl)n2)CCNCC1. The molecular formula is C30H33ClN4O5. The predicted octanol–water partition coefficient (Wildman–Crippen LogP) is 4.88. The molecule has 2 aliphatic rings. The molecule has 1 unspecified atom stereocenters. The summed E-state index contributed by atoms with van der Waals surface area (Å²) in [6, 6.07) is 17.2. The van der Waals surface area contributed by atoms with Crippen LogP contribution in [0.4, 0.5) is 4.79 Å². The highest BCUT2D eigenvalue weighted by Gasteiger charge is 2.51. The third kappa shape index (κ3) is 6.21. The second-order valence-electron chi connectivity index (χ2n) is 10.0. The van der Waals surface area contributed by atoms with E-state index >= 15 is 0 Å². The number of ether oxygens (including phenoxy) is 3. The Morgan fingerprint density at radius 2 is 1.88 bits per heavy atom. The monoisotopic (exact) mass is 564 g/mol. The molecule has 40 heavy (non-hydrogen) atoms. The number of carbonyl (C=O) groups excluding carboxylic acids is 2. The smallest absolute Gasteiger partial charge is 0.410 e. The summed E-state index contributed by atoms with van der Waals surface area (Å²) in [5.74, 6) is 0.252. The Morgan fingerprint density at radius 3 is 2.62 bits per heavy atom. The lowest BCUT2D eigenvalue weighted by Crippen LogP contribution is -2.48. The van der Waals surface area contributed by atoms with E-state index in [-0.39, 0.29) is 30.6 Å². The van der Waals surface area contributed by atoms with Crippen molar-refractivity contribution in [2.75, 3.05) is 26.2 Å². The van der Waals surface area contributed by atoms with Gasteiger partial charge in [-0.15, -0.1) is 0 Å². The van der Waals surface area contributed by atoms with Crippen molar-refractivity contribution in [3.63, 3.8) is 0 Å². The molecule has 1 N–H and O–H groups in total. The maximum absolute atomic E-state index is 13.5. The van der Waals surface area contributed by atoms with Crippen LogP contribution in [0.1, 0.15) is 48.3 Å². The van der Waals surface area contributed by atoms with Gasteiger partial charge in [-0.05, 0) is 85.8 Å². The molecule has 0 radical (unpaired) electrons. The van der Waals surface area contributed by atoms with Gasteiger partial charge >= 0.3 is 12.1 Å². The van der Waals surface area contributed by atoms with E-state index in [0.717, 1.165) is 16.7 Å². The van der Waals surface area contributed by atoms with Gasteiger partial charge in [-0.1, -0.05) is 36.4 Å². The number of aromatic nitrogens is 2. The minimum atomic E-state index is -0.956. The van der Waals surface area contributed by atoms with Crippen LogP contribution in [0.2, 0.25) is 5.28 Å². The molecule has 1 fully saturated rings. The average Bonchev–Trinajstić information content (AvgIpc) is 2.99. The van der Waals surface area contributed by atoms with Crippen LogP contribution in [0, 0.1) is 5.41 Å². The van der Waals surface area contributed by atoms with Gasteiger partial charge in [0, 0.05) is 19.3 Å². The number of nitrogens with one attached hydrogen (secondary N) is 1. The zero-order valence-corrected chi connectivity index (χ0v) is 23.2. The fourth-order valence-corrected chi connectivity index (χ4v) is 5.53. The van der Waals surface area contributed by atoms with Gasteiger partial charge in [-0.25, -0.2) is 14.8 Å². The van der Waals surface area contributed by atoms with Gasteiger partial charge in [0.15, 0.2) is 6.10 Å². The first kappa shape index (κ1) is 27.9. The predicted molar refractivity (Wildman–Crippen MR) is 149 cm³/mol. The lowest BCUT2D eigenvalue weighted by atomic mass is 9.72. The molecule has 3 aromatic rings. The van der Waals surface area contributed by atoms with E-state index in [1.165, 1.54) is 0 Å². The van der Waals surface area contributed by atoms with Crippen LogP contribution in [0.5, 0.6) is 5.75 Å². The molecule has 2 aliphatic heterocycles. The maximum Gasteiger partial charge on any atom is 0.410 e. The van der Waals surface area contributed by atoms with Gasteiger partial charge in [0.1, 0.15) is 17.8 Å². The number of benzene rings is 2. The summed E-state index contributed by atoms with van der Waals surface area (Å²) in [5, 5.41) is 3.40. The van der Waals surface area contributed by atoms with E-state index in [1.807, 2.05) is 48.5 Å². The summed E-state index contributed by atoms with van der Waals surface area (Å²) in [4.78, 5) is 36.4. The van der Waals surface area contributed by atoms with Crippen molar-refractivity contribution < 1.29 is 23.8 Å². The van der Waals surface area contributed by atoms with Crippen LogP contribution >= 0.6 is 11.6 Å². The Hall–Kier alpha value is -3.69. The molecule has 10 heteroatoms. The molecule has 3 heterocycles. The second-order valence-corrected chi connectivity index (χ2v) is 10.4. The fraction of sp³-hybridized carbons (Fsp3) is 0.400. The second kappa shape index (κ2) is 12.7. The topological polar surface area (TPSA) is 103 Å². The van der Waals surface area contributed by atoms with E-state index in [1.54, 1.807) is 24.1 Å². The Balaban J connectivity index is 1.39. The number of carbonyl (C=O) groups is 2. The minimum absolute atomic E-state index is 0.0779. The largest absolute Gasteiger partial charge is 0.483 e. The van der Waals surface area contributed by atoms with Crippen molar-refractivity contribution >= 4 is 23.7 Å². The summed E-state index contributed by atoms with van der Waals surface area (Å²) >= 11 is 6.17. The number of hydrogen-bond donors (Lipinski definition) is 1. The van der Waals surface area contributed by atoms with Crippen molar-refractivity contribution in [3.8, 4) is 5.75 Å². The van der Waals surface area contributed by atoms with E-state index in [2.05, 4.69) is 15.3 Å². The molecule has 0 bridgehead atoms. The highest BCUT2D eigenvalue weighted by atomic mass is 35.5. The number of hydrogen-bond acceptors (Lipinski definition) is 8. The number of piperidine rings is 1. The van der Waals surface area contributed by atoms with Crippen molar-refractivity contribution in [1.29, 1.82) is 0 Å². The first-order chi connectivity index (χ1) is 19.5. The van der Waals surface area contributed by atoms with Crippen LogP contribution in [0.3, 0.4) is 0 Å². The number of halogens is 1. The summed E-state index contributed by atoms with van der Waals surface area (Å²) in [5.41, 5.74) is 2.60. The Kier molecular flexibility index (Phi) is 8.81. The molecule has 1 aromatic heterocycles. The van der Waals surface area contributed by atoms with E-state index in [9.17, 15) is 9.59 Å². The van der Waals surface area contributed by atoms with Crippen molar-refractivity contribution in [2.45, 2.75) is 45.4 Å². The maximum atomic E-state index is 13.5. The van der Waals surface area contributed by atoms with E-state index < -0.39 is 11.5 Å². The molecule has 0 aliphatic carbocycles. The lowest BCUT2D eigenvalue weighted by Gasteiger charge is -2.41. The third-order valence-corrected chi connectivity index (χ3v) is 7.69. The van der Waals surface area contributed by atoms with Crippen molar-refractivity contribution in [2.24, 2.45) is 5.41 Å². The van der Waals surface area contributed by atoms with Crippen LogP contribution in [-0.2, 0) is 33.8 Å². The molecule has 1 saturated heterocycles. The van der Waals surface area contributed by atoms with Crippen LogP contribution in [0.15, 0.2) is 60.8 Å². The molecule has 1 atom stereocenters. The summed E-state index contributed by atoms with van der Waals surface area (Å²) in [7, 11) is 0. The average molecular weight is 565 g/mol. The minimum Gasteiger partial charge on any atom is -0.483 e. The Labute approximate surface area is 238 Å². The van der Waals surface area contributed by atoms with Crippen LogP contribution in [0.25, 0.3) is 0 Å². The zero-order chi connectivity index (χ0) is 28.0. The number of amides is 1. The number of fused-ring (bicyclic) bond motifs is 1. The zero-order valence-electron chi connectivity index (χ0n) is 22.5. The highest BCUT2D eigenvalue weighted by molar-refractivity contribution is 6.28. The third-order valence-electron chi connectivity index (χ3n) is 7.50. The van der Waals surface area contributed by atoms with Gasteiger partial charge in [0.2, 0.25) is 5.28 Å². The van der Waals surface area contributed by atoms with Crippen LogP contribution < -0.4 is 10.1 Å². The molecular weight excluding hydrogens is 532 g/mol. The van der Waals surface area contributed by atoms with E-state index in [4.69, 9.17) is 25.8 Å². The van der Waals surface area contributed by atoms with Gasteiger partial charge in [0.25, 0.3) is 0 Å². The molecule has 5 rings (SSSR count). The first-order valence-electron chi connectivity index (χ1n) is 13.6. The van der Waals surface area contributed by atoms with Crippen molar-refractivity contribution in [3.05, 3.63) is 88.5 Å². The van der Waals surface area contributed by atoms with Gasteiger partial charge in [0.05, 0.1) is 12.3 Å². The molecule has 210 valence electrons. The number of rotatable bonds is 8. The Bertz CT molecular complexity index is 1330. The highest BCUT2D eigenvalue weighted by Crippen LogP contribution is 2.45. The first-order valence-corrected chi connectivity index (χ1v) is 14.0. The van der Waals surface area contributed by atoms with Crippen LogP contribution in [-0.4, -0.2) is 53.2 Å². The number of nitrogens with zero attached hydrogens (tertiary/aromatic N) is 3. The summed E-state index contributed by atoms with van der Waals surface area (Å²) < 4.78 is 17.7. The van der Waals surface area contributed by atoms with Gasteiger partial charge in [-0.3, -0.25) is 4.79 Å². The van der Waals surface area contributed by atoms with E-state index in [0.29, 0.717) is 56.9 Å². The Morgan fingerprint density at radius 1 is 1.07 bits per heavy atom. The molecule has 0 saturated carbocycles. The lowest BCUT2D eigenvalue weighted by molar-refractivity contribution is -0.165. The molecule has 2 aromatic carbocycles. The normalized spacial score (nSPS) is 16.9. The summed E-state index contributed by atoms with van der Waals surface area (Å²) in [6.07, 6.45) is 2.20. The fourth-order valence-electron chi connectivity index (χ4n) is 5.38. The quantitative estimate of drug-likeness (QED) is 0.305. The van der Waals surface area contributed by atoms with Gasteiger partial charge < -0.3 is 24.4 Å².